The molecule has 1 aromatic carbocycles. The molecule has 0 N–H and O–H groups in total. The molecule has 6 heteroatoms. The number of imide groups is 1. The molecule has 2 aliphatic rings. The molecule has 0 aromatic heterocycles. The Morgan fingerprint density at radius 3 is 2.24 bits per heavy atom. The summed E-state index contributed by atoms with van der Waals surface area (Å²) < 4.78 is 0. The topological polar surface area (TPSA) is 60.9 Å². The van der Waals surface area contributed by atoms with E-state index in [-0.39, 0.29) is 17.7 Å². The summed E-state index contributed by atoms with van der Waals surface area (Å²) in [5.41, 5.74) is 0.768. The van der Waals surface area contributed by atoms with E-state index in [0.29, 0.717) is 30.3 Å². The van der Waals surface area contributed by atoms with Crippen LogP contribution in [0.25, 0.3) is 0 Å². The first-order chi connectivity index (χ1) is 12.0. The highest BCUT2D eigenvalue weighted by atomic mass is 16.2. The minimum atomic E-state index is -0.775. The fraction of sp³-hybridized carbons (Fsp3) is 0.526. The van der Waals surface area contributed by atoms with Gasteiger partial charge in [-0.15, -0.1) is 0 Å². The number of likely N-dealkylation sites (N-methyl/N-ethyl adjacent to an activating group) is 1. The van der Waals surface area contributed by atoms with Crippen LogP contribution < -0.4 is 0 Å². The lowest BCUT2D eigenvalue weighted by atomic mass is 10.1. The van der Waals surface area contributed by atoms with Gasteiger partial charge in [-0.1, -0.05) is 26.0 Å². The normalized spacial score (nSPS) is 21.2. The summed E-state index contributed by atoms with van der Waals surface area (Å²) >= 11 is 0. The van der Waals surface area contributed by atoms with Crippen molar-refractivity contribution < 1.29 is 14.4 Å². The van der Waals surface area contributed by atoms with Crippen LogP contribution in [0.15, 0.2) is 24.3 Å². The Morgan fingerprint density at radius 2 is 1.72 bits per heavy atom. The first-order valence-electron chi connectivity index (χ1n) is 8.99. The van der Waals surface area contributed by atoms with Gasteiger partial charge in [0.15, 0.2) is 0 Å². The maximum Gasteiger partial charge on any atom is 0.262 e. The van der Waals surface area contributed by atoms with Crippen LogP contribution in [0.4, 0.5) is 0 Å². The van der Waals surface area contributed by atoms with Gasteiger partial charge in [0, 0.05) is 19.1 Å². The van der Waals surface area contributed by atoms with Crippen LogP contribution in [-0.2, 0) is 4.79 Å². The van der Waals surface area contributed by atoms with Crippen molar-refractivity contribution in [2.45, 2.75) is 39.3 Å². The number of benzene rings is 1. The SMILES string of the molecule is CCN(CC)C1CCN(C(=O)C(C)N2C(=O)c3ccccc3C2=O)C1. The standard InChI is InChI=1S/C19H25N3O3/c1-4-20(5-2)14-10-11-21(12-14)17(23)13(3)22-18(24)15-8-6-7-9-16(15)19(22)25/h6-9,13-14H,4-5,10-12H2,1-3H3. The molecule has 2 aliphatic heterocycles. The predicted molar refractivity (Wildman–Crippen MR) is 94.3 cm³/mol. The maximum absolute atomic E-state index is 12.9. The molecule has 0 spiro atoms. The largest absolute Gasteiger partial charge is 0.339 e. The second kappa shape index (κ2) is 6.96. The minimum Gasteiger partial charge on any atom is -0.339 e. The van der Waals surface area contributed by atoms with Crippen molar-refractivity contribution in [1.82, 2.24) is 14.7 Å². The van der Waals surface area contributed by atoms with Crippen molar-refractivity contribution >= 4 is 17.7 Å². The van der Waals surface area contributed by atoms with Gasteiger partial charge in [-0.25, -0.2) is 0 Å². The van der Waals surface area contributed by atoms with Gasteiger partial charge in [0.1, 0.15) is 6.04 Å². The molecule has 1 saturated heterocycles. The fourth-order valence-corrected chi connectivity index (χ4v) is 3.91. The molecule has 134 valence electrons. The van der Waals surface area contributed by atoms with Crippen LogP contribution in [0.1, 0.15) is 47.9 Å². The second-order valence-electron chi connectivity index (χ2n) is 6.65. The lowest BCUT2D eigenvalue weighted by molar-refractivity contribution is -0.134. The summed E-state index contributed by atoms with van der Waals surface area (Å²) in [6.07, 6.45) is 0.933. The number of hydrogen-bond donors (Lipinski definition) is 0. The highest BCUT2D eigenvalue weighted by Gasteiger charge is 2.42. The third kappa shape index (κ3) is 2.95. The Hall–Kier alpha value is -2.21. The van der Waals surface area contributed by atoms with E-state index in [1.807, 2.05) is 0 Å². The van der Waals surface area contributed by atoms with Gasteiger partial charge in [0.2, 0.25) is 5.91 Å². The maximum atomic E-state index is 12.9. The molecule has 2 atom stereocenters. The Bertz CT molecular complexity index is 664. The predicted octanol–water partition coefficient (Wildman–Crippen LogP) is 1.61. The van der Waals surface area contributed by atoms with E-state index < -0.39 is 6.04 Å². The van der Waals surface area contributed by atoms with Gasteiger partial charge in [-0.3, -0.25) is 24.2 Å². The summed E-state index contributed by atoms with van der Waals surface area (Å²) in [6.45, 7) is 9.13. The molecule has 3 rings (SSSR count). The van der Waals surface area contributed by atoms with Gasteiger partial charge in [0.25, 0.3) is 11.8 Å². The van der Waals surface area contributed by atoms with Gasteiger partial charge in [-0.05, 0) is 38.6 Å². The number of rotatable bonds is 5. The molecule has 6 nitrogen and oxygen atoms in total. The van der Waals surface area contributed by atoms with E-state index in [2.05, 4.69) is 18.7 Å². The number of hydrogen-bond acceptors (Lipinski definition) is 4. The summed E-state index contributed by atoms with van der Waals surface area (Å²) in [4.78, 5) is 43.2. The van der Waals surface area contributed by atoms with Gasteiger partial charge < -0.3 is 4.90 Å². The van der Waals surface area contributed by atoms with Crippen molar-refractivity contribution in [1.29, 1.82) is 0 Å². The first kappa shape index (κ1) is 17.6. The van der Waals surface area contributed by atoms with Crippen molar-refractivity contribution in [3.05, 3.63) is 35.4 Å². The first-order valence-corrected chi connectivity index (χ1v) is 8.99. The zero-order valence-electron chi connectivity index (χ0n) is 15.1. The quantitative estimate of drug-likeness (QED) is 0.762. The number of carbonyl (C=O) groups is 3. The van der Waals surface area contributed by atoms with Crippen molar-refractivity contribution in [3.63, 3.8) is 0 Å². The smallest absolute Gasteiger partial charge is 0.262 e. The van der Waals surface area contributed by atoms with Crippen LogP contribution in [0.3, 0.4) is 0 Å². The van der Waals surface area contributed by atoms with E-state index in [1.54, 1.807) is 36.1 Å². The third-order valence-electron chi connectivity index (χ3n) is 5.37. The molecule has 1 aromatic rings. The summed E-state index contributed by atoms with van der Waals surface area (Å²) in [5, 5.41) is 0. The fourth-order valence-electron chi connectivity index (χ4n) is 3.91. The Kier molecular flexibility index (Phi) is 4.90. The van der Waals surface area contributed by atoms with Crippen LogP contribution >= 0.6 is 0 Å². The lowest BCUT2D eigenvalue weighted by Crippen LogP contribution is -2.49. The molecule has 0 radical (unpaired) electrons. The third-order valence-corrected chi connectivity index (χ3v) is 5.37. The number of fused-ring (bicyclic) bond motifs is 1. The number of carbonyl (C=O) groups excluding carboxylic acids is 3. The minimum absolute atomic E-state index is 0.149. The van der Waals surface area contributed by atoms with Crippen LogP contribution in [0.2, 0.25) is 0 Å². The molecule has 1 fully saturated rings. The van der Waals surface area contributed by atoms with E-state index in [9.17, 15) is 14.4 Å². The van der Waals surface area contributed by atoms with Crippen LogP contribution in [0.5, 0.6) is 0 Å². The van der Waals surface area contributed by atoms with E-state index in [0.717, 1.165) is 24.4 Å². The second-order valence-corrected chi connectivity index (χ2v) is 6.65. The van der Waals surface area contributed by atoms with Gasteiger partial charge >= 0.3 is 0 Å². The average molecular weight is 343 g/mol. The van der Waals surface area contributed by atoms with E-state index >= 15 is 0 Å². The summed E-state index contributed by atoms with van der Waals surface area (Å²) in [6, 6.07) is 6.32. The molecule has 0 bridgehead atoms. The van der Waals surface area contributed by atoms with Crippen LogP contribution in [0, 0.1) is 0 Å². The molecule has 25 heavy (non-hydrogen) atoms. The Labute approximate surface area is 148 Å². The highest BCUT2D eigenvalue weighted by molar-refractivity contribution is 6.22. The van der Waals surface area contributed by atoms with Crippen molar-refractivity contribution in [2.75, 3.05) is 26.2 Å². The number of likely N-dealkylation sites (tertiary alicyclic amines) is 1. The van der Waals surface area contributed by atoms with Crippen LogP contribution in [-0.4, -0.2) is 70.7 Å². The van der Waals surface area contributed by atoms with E-state index in [1.165, 1.54) is 0 Å². The molecular weight excluding hydrogens is 318 g/mol. The number of amides is 3. The highest BCUT2D eigenvalue weighted by Crippen LogP contribution is 2.26. The molecular formula is C19H25N3O3. The lowest BCUT2D eigenvalue weighted by Gasteiger charge is -2.28. The summed E-state index contributed by atoms with van der Waals surface area (Å²) in [5.74, 6) is -0.897. The average Bonchev–Trinajstić information content (AvgIpc) is 3.20. The van der Waals surface area contributed by atoms with Crippen molar-refractivity contribution in [2.24, 2.45) is 0 Å². The molecule has 0 aliphatic carbocycles. The molecule has 0 saturated carbocycles. The molecule has 2 heterocycles. The monoisotopic (exact) mass is 343 g/mol. The molecule has 3 amide bonds. The molecule has 2 unspecified atom stereocenters. The van der Waals surface area contributed by atoms with E-state index in [4.69, 9.17) is 0 Å². The van der Waals surface area contributed by atoms with Gasteiger partial charge in [0.05, 0.1) is 11.1 Å². The number of nitrogens with zero attached hydrogens (tertiary/aromatic N) is 3. The van der Waals surface area contributed by atoms with Gasteiger partial charge in [-0.2, -0.15) is 0 Å². The zero-order chi connectivity index (χ0) is 18.1. The van der Waals surface area contributed by atoms with Crippen molar-refractivity contribution in [3.8, 4) is 0 Å². The Morgan fingerprint density at radius 1 is 1.16 bits per heavy atom. The summed E-state index contributed by atoms with van der Waals surface area (Å²) in [7, 11) is 0. The Balaban J connectivity index is 1.72. The zero-order valence-corrected chi connectivity index (χ0v) is 15.1.